The van der Waals surface area contributed by atoms with Crippen molar-refractivity contribution >= 4 is 17.6 Å². The summed E-state index contributed by atoms with van der Waals surface area (Å²) in [5, 5.41) is 12.1. The van der Waals surface area contributed by atoms with Gasteiger partial charge in [0.25, 0.3) is 0 Å². The summed E-state index contributed by atoms with van der Waals surface area (Å²) in [5.74, 6) is -1.50. The molecule has 1 atom stereocenters. The summed E-state index contributed by atoms with van der Waals surface area (Å²) in [6.45, 7) is 1.83. The number of amides is 1. The van der Waals surface area contributed by atoms with Crippen LogP contribution in [0.25, 0.3) is 0 Å². The molecule has 1 rings (SSSR count). The van der Waals surface area contributed by atoms with Gasteiger partial charge < -0.3 is 5.11 Å². The van der Waals surface area contributed by atoms with Crippen molar-refractivity contribution < 1.29 is 14.7 Å². The van der Waals surface area contributed by atoms with Crippen molar-refractivity contribution in [1.29, 1.82) is 0 Å². The molecule has 0 aromatic rings. The largest absolute Gasteiger partial charge is 0.481 e. The fourth-order valence-corrected chi connectivity index (χ4v) is 1.17. The summed E-state index contributed by atoms with van der Waals surface area (Å²) in [6.07, 6.45) is 0.440. The summed E-state index contributed by atoms with van der Waals surface area (Å²) in [4.78, 5) is 21.3. The molecule has 0 aromatic heterocycles. The Kier molecular flexibility index (Phi) is 2.42. The zero-order valence-electron chi connectivity index (χ0n) is 6.70. The highest BCUT2D eigenvalue weighted by atomic mass is 16.4. The van der Waals surface area contributed by atoms with E-state index in [0.29, 0.717) is 12.1 Å². The van der Waals surface area contributed by atoms with Crippen LogP contribution >= 0.6 is 0 Å². The van der Waals surface area contributed by atoms with Gasteiger partial charge in [-0.25, -0.2) is 5.43 Å². The van der Waals surface area contributed by atoms with Gasteiger partial charge in [0, 0.05) is 0 Å². The molecule has 0 aromatic carbocycles. The standard InChI is InChI=1S/C7H10N2O3/c1-2-4-5(3-6(10)11)8-9-7(4)12/h4H,2-3H2,1H3,(H,9,12)(H,10,11). The second kappa shape index (κ2) is 3.34. The lowest BCUT2D eigenvalue weighted by molar-refractivity contribution is -0.135. The van der Waals surface area contributed by atoms with Gasteiger partial charge in [0.1, 0.15) is 0 Å². The summed E-state index contributed by atoms with van der Waals surface area (Å²) in [5.41, 5.74) is 2.69. The van der Waals surface area contributed by atoms with Crippen LogP contribution in [0.15, 0.2) is 5.10 Å². The molecule has 1 unspecified atom stereocenters. The Morgan fingerprint density at radius 2 is 2.42 bits per heavy atom. The lowest BCUT2D eigenvalue weighted by Gasteiger charge is -2.03. The van der Waals surface area contributed by atoms with Crippen LogP contribution in [-0.2, 0) is 9.59 Å². The molecule has 0 fully saturated rings. The predicted molar refractivity (Wildman–Crippen MR) is 41.6 cm³/mol. The minimum Gasteiger partial charge on any atom is -0.481 e. The van der Waals surface area contributed by atoms with Gasteiger partial charge in [-0.15, -0.1) is 0 Å². The molecule has 1 amide bonds. The van der Waals surface area contributed by atoms with Crippen LogP contribution in [0, 0.1) is 5.92 Å². The normalized spacial score (nSPS) is 21.9. The number of carboxylic acids is 1. The quantitative estimate of drug-likeness (QED) is 0.624. The first kappa shape index (κ1) is 8.70. The second-order valence-corrected chi connectivity index (χ2v) is 2.61. The molecule has 0 aliphatic carbocycles. The minimum atomic E-state index is -0.955. The van der Waals surface area contributed by atoms with Gasteiger partial charge in [-0.1, -0.05) is 6.92 Å². The average Bonchev–Trinajstić information content (AvgIpc) is 2.30. The van der Waals surface area contributed by atoms with E-state index in [1.807, 2.05) is 6.92 Å². The average molecular weight is 170 g/mol. The van der Waals surface area contributed by atoms with Gasteiger partial charge in [-0.2, -0.15) is 5.10 Å². The number of hydrogen-bond acceptors (Lipinski definition) is 3. The maximum Gasteiger partial charge on any atom is 0.309 e. The molecule has 2 N–H and O–H groups in total. The molecule has 12 heavy (non-hydrogen) atoms. The number of rotatable bonds is 3. The molecule has 5 heteroatoms. The first-order valence-corrected chi connectivity index (χ1v) is 3.73. The molecular formula is C7H10N2O3. The third-order valence-electron chi connectivity index (χ3n) is 1.77. The molecule has 0 bridgehead atoms. The molecule has 1 heterocycles. The van der Waals surface area contributed by atoms with Gasteiger partial charge in [0.05, 0.1) is 18.1 Å². The fraction of sp³-hybridized carbons (Fsp3) is 0.571. The number of carbonyl (C=O) groups excluding carboxylic acids is 1. The van der Waals surface area contributed by atoms with Crippen LogP contribution in [0.1, 0.15) is 19.8 Å². The van der Waals surface area contributed by atoms with Gasteiger partial charge in [-0.3, -0.25) is 9.59 Å². The summed E-state index contributed by atoms with van der Waals surface area (Å²) >= 11 is 0. The SMILES string of the molecule is CCC1C(=O)NN=C1CC(=O)O. The maximum absolute atomic E-state index is 11.0. The monoisotopic (exact) mass is 170 g/mol. The van der Waals surface area contributed by atoms with E-state index < -0.39 is 5.97 Å². The van der Waals surface area contributed by atoms with Gasteiger partial charge in [0.2, 0.25) is 5.91 Å². The van der Waals surface area contributed by atoms with Crippen LogP contribution < -0.4 is 5.43 Å². The van der Waals surface area contributed by atoms with Crippen molar-refractivity contribution in [1.82, 2.24) is 5.43 Å². The molecular weight excluding hydrogens is 160 g/mol. The van der Waals surface area contributed by atoms with Crippen LogP contribution in [-0.4, -0.2) is 22.7 Å². The summed E-state index contributed by atoms with van der Waals surface area (Å²) in [6, 6.07) is 0. The minimum absolute atomic E-state index is 0.156. The van der Waals surface area contributed by atoms with Crippen molar-refractivity contribution in [2.75, 3.05) is 0 Å². The Bertz CT molecular complexity index is 247. The molecule has 1 aliphatic heterocycles. The van der Waals surface area contributed by atoms with Crippen LogP contribution in [0.3, 0.4) is 0 Å². The fourth-order valence-electron chi connectivity index (χ4n) is 1.17. The topological polar surface area (TPSA) is 78.8 Å². The molecule has 1 aliphatic rings. The van der Waals surface area contributed by atoms with Crippen molar-refractivity contribution in [2.24, 2.45) is 11.0 Å². The van der Waals surface area contributed by atoms with E-state index in [4.69, 9.17) is 5.11 Å². The number of hydrazone groups is 1. The highest BCUT2D eigenvalue weighted by Gasteiger charge is 2.29. The summed E-state index contributed by atoms with van der Waals surface area (Å²) in [7, 11) is 0. The van der Waals surface area contributed by atoms with Crippen molar-refractivity contribution in [3.8, 4) is 0 Å². The van der Waals surface area contributed by atoms with E-state index in [9.17, 15) is 9.59 Å². The second-order valence-electron chi connectivity index (χ2n) is 2.61. The number of nitrogens with zero attached hydrogens (tertiary/aromatic N) is 1. The highest BCUT2D eigenvalue weighted by molar-refractivity contribution is 6.12. The molecule has 0 saturated carbocycles. The Morgan fingerprint density at radius 3 is 2.92 bits per heavy atom. The zero-order valence-corrected chi connectivity index (χ0v) is 6.70. The Balaban J connectivity index is 2.65. The number of carboxylic acid groups (broad SMARTS) is 1. The van der Waals surface area contributed by atoms with Crippen LogP contribution in [0.5, 0.6) is 0 Å². The van der Waals surface area contributed by atoms with E-state index >= 15 is 0 Å². The number of nitrogens with one attached hydrogen (secondary N) is 1. The van der Waals surface area contributed by atoms with E-state index in [1.54, 1.807) is 0 Å². The zero-order chi connectivity index (χ0) is 9.14. The Labute approximate surface area is 69.5 Å². The molecule has 0 saturated heterocycles. The predicted octanol–water partition coefficient (Wildman–Crippen LogP) is -0.0269. The smallest absolute Gasteiger partial charge is 0.309 e. The number of carbonyl (C=O) groups is 2. The van der Waals surface area contributed by atoms with Gasteiger partial charge >= 0.3 is 5.97 Å². The third-order valence-corrected chi connectivity index (χ3v) is 1.77. The van der Waals surface area contributed by atoms with Crippen molar-refractivity contribution in [3.63, 3.8) is 0 Å². The van der Waals surface area contributed by atoms with Gasteiger partial charge in [0.15, 0.2) is 0 Å². The van der Waals surface area contributed by atoms with Crippen LogP contribution in [0.2, 0.25) is 0 Å². The molecule has 66 valence electrons. The van der Waals surface area contributed by atoms with Crippen molar-refractivity contribution in [2.45, 2.75) is 19.8 Å². The van der Waals surface area contributed by atoms with E-state index in [2.05, 4.69) is 10.5 Å². The number of hydrogen-bond donors (Lipinski definition) is 2. The van der Waals surface area contributed by atoms with E-state index in [1.165, 1.54) is 0 Å². The lowest BCUT2D eigenvalue weighted by atomic mass is 9.98. The molecule has 0 radical (unpaired) electrons. The highest BCUT2D eigenvalue weighted by Crippen LogP contribution is 2.13. The lowest BCUT2D eigenvalue weighted by Crippen LogP contribution is -2.23. The summed E-state index contributed by atoms with van der Waals surface area (Å²) < 4.78 is 0. The first-order chi connectivity index (χ1) is 5.65. The Hall–Kier alpha value is -1.39. The van der Waals surface area contributed by atoms with E-state index in [0.717, 1.165) is 0 Å². The van der Waals surface area contributed by atoms with Crippen molar-refractivity contribution in [3.05, 3.63) is 0 Å². The Morgan fingerprint density at radius 1 is 1.75 bits per heavy atom. The number of aliphatic carboxylic acids is 1. The molecule has 0 spiro atoms. The van der Waals surface area contributed by atoms with Gasteiger partial charge in [-0.05, 0) is 6.42 Å². The third kappa shape index (κ3) is 1.61. The van der Waals surface area contributed by atoms with E-state index in [-0.39, 0.29) is 18.2 Å². The van der Waals surface area contributed by atoms with Crippen LogP contribution in [0.4, 0.5) is 0 Å². The maximum atomic E-state index is 11.0. The molecule has 5 nitrogen and oxygen atoms in total. The first-order valence-electron chi connectivity index (χ1n) is 3.73.